The molecule has 3 rings (SSSR count). The van der Waals surface area contributed by atoms with Crippen LogP contribution in [0.4, 0.5) is 0 Å². The third-order valence-electron chi connectivity index (χ3n) is 6.00. The van der Waals surface area contributed by atoms with Gasteiger partial charge in [0.25, 0.3) is 5.09 Å². The molecule has 0 spiro atoms. The molecule has 0 bridgehead atoms. The van der Waals surface area contributed by atoms with Crippen LogP contribution in [0.1, 0.15) is 51.0 Å². The second-order valence-corrected chi connectivity index (χ2v) is 11.3. The number of unbranched alkanes of at least 4 members (excludes halogenated alkanes) is 1. The maximum absolute atomic E-state index is 11.9. The molecule has 244 valence electrons. The van der Waals surface area contributed by atoms with E-state index in [2.05, 4.69) is 28.8 Å². The first-order valence-electron chi connectivity index (χ1n) is 14.6. The molecule has 0 amide bonds. The molecule has 45 heavy (non-hydrogen) atoms. The lowest BCUT2D eigenvalue weighted by atomic mass is 10.2. The zero-order valence-electron chi connectivity index (χ0n) is 25.6. The lowest BCUT2D eigenvalue weighted by Crippen LogP contribution is -2.11. The van der Waals surface area contributed by atoms with E-state index in [-0.39, 0.29) is 24.9 Å². The molecular weight excluding hydrogens is 622 g/mol. The van der Waals surface area contributed by atoms with Gasteiger partial charge in [-0.05, 0) is 86.8 Å². The third-order valence-corrected chi connectivity index (χ3v) is 7.58. The Balaban J connectivity index is 0.000000351. The molecule has 1 heterocycles. The van der Waals surface area contributed by atoms with E-state index in [1.165, 1.54) is 31.8 Å². The maximum atomic E-state index is 11.9. The quantitative estimate of drug-likeness (QED) is 0.0317. The molecule has 1 saturated heterocycles. The van der Waals surface area contributed by atoms with Gasteiger partial charge < -0.3 is 23.8 Å². The molecule has 0 N–H and O–H groups in total. The molecule has 0 radical (unpaired) electrons. The molecule has 2 aromatic rings. The van der Waals surface area contributed by atoms with Crippen molar-refractivity contribution < 1.29 is 38.5 Å². The standard InChI is InChI=1S/C19H23NO8.C14H17ClOS/c1-3-4-5-6-7-19(22)28-16-10-8-15(14-17(16)25-2)9-11-18(21)26-12-13-27-20(23)24;15-12-5-3-6-13(11-12)16-9-2-1-7-14-8-4-10-17-14/h3-4,8-11,14H,5-7,12-13H2,1-2H3;1,3,5-7,11,14H,2,4,8-10H2/b4-3-,11-9+;7-1+. The number of allylic oxidation sites excluding steroid dienone is 2. The van der Waals surface area contributed by atoms with Crippen LogP contribution in [-0.4, -0.2) is 55.0 Å². The zero-order valence-corrected chi connectivity index (χ0v) is 27.1. The molecular formula is C33H40ClNO9S. The van der Waals surface area contributed by atoms with E-state index in [0.717, 1.165) is 34.9 Å². The Morgan fingerprint density at radius 2 is 1.93 bits per heavy atom. The van der Waals surface area contributed by atoms with Gasteiger partial charge >= 0.3 is 11.9 Å². The summed E-state index contributed by atoms with van der Waals surface area (Å²) >= 11 is 7.93. The van der Waals surface area contributed by atoms with Gasteiger partial charge in [-0.25, -0.2) is 4.79 Å². The summed E-state index contributed by atoms with van der Waals surface area (Å²) in [5, 5.41) is 10.5. The molecule has 0 aliphatic carbocycles. The van der Waals surface area contributed by atoms with Crippen LogP contribution in [0.2, 0.25) is 5.02 Å². The lowest BCUT2D eigenvalue weighted by molar-refractivity contribution is -0.757. The third kappa shape index (κ3) is 17.2. The van der Waals surface area contributed by atoms with Crippen molar-refractivity contribution in [3.05, 3.63) is 93.5 Å². The van der Waals surface area contributed by atoms with Crippen molar-refractivity contribution >= 4 is 41.4 Å². The summed E-state index contributed by atoms with van der Waals surface area (Å²) in [5.41, 5.74) is 0.614. The van der Waals surface area contributed by atoms with Gasteiger partial charge in [0.15, 0.2) is 11.5 Å². The van der Waals surface area contributed by atoms with E-state index in [4.69, 9.17) is 30.5 Å². The van der Waals surface area contributed by atoms with Crippen molar-refractivity contribution in [3.8, 4) is 17.2 Å². The van der Waals surface area contributed by atoms with E-state index in [1.807, 2.05) is 43.3 Å². The van der Waals surface area contributed by atoms with Crippen LogP contribution in [0.3, 0.4) is 0 Å². The number of esters is 2. The number of carbonyl (C=O) groups is 2. The van der Waals surface area contributed by atoms with Gasteiger partial charge in [0.05, 0.1) is 13.7 Å². The first kappa shape index (κ1) is 37.2. The maximum Gasteiger partial charge on any atom is 0.330 e. The fraction of sp³-hybridized carbons (Fsp3) is 0.394. The number of hydrogen-bond donors (Lipinski definition) is 0. The Bertz CT molecular complexity index is 1290. The minimum atomic E-state index is -0.966. The second-order valence-electron chi connectivity index (χ2n) is 9.48. The molecule has 10 nitrogen and oxygen atoms in total. The van der Waals surface area contributed by atoms with Crippen molar-refractivity contribution in [2.24, 2.45) is 0 Å². The number of hydrogen-bond acceptors (Lipinski definition) is 10. The molecule has 1 fully saturated rings. The monoisotopic (exact) mass is 661 g/mol. The van der Waals surface area contributed by atoms with Crippen LogP contribution in [0.15, 0.2) is 72.8 Å². The van der Waals surface area contributed by atoms with E-state index in [0.29, 0.717) is 30.8 Å². The van der Waals surface area contributed by atoms with E-state index in [1.54, 1.807) is 18.2 Å². The van der Waals surface area contributed by atoms with Crippen molar-refractivity contribution in [2.75, 3.05) is 32.7 Å². The van der Waals surface area contributed by atoms with Crippen LogP contribution in [0.5, 0.6) is 17.2 Å². The fourth-order valence-corrected chi connectivity index (χ4v) is 5.22. The molecule has 1 aliphatic heterocycles. The average Bonchev–Trinajstić information content (AvgIpc) is 3.55. The number of benzene rings is 2. The Kier molecular flexibility index (Phi) is 18.6. The van der Waals surface area contributed by atoms with Crippen molar-refractivity contribution in [3.63, 3.8) is 0 Å². The Labute approximate surface area is 273 Å². The first-order chi connectivity index (χ1) is 21.8. The minimum absolute atomic E-state index is 0.240. The zero-order chi connectivity index (χ0) is 32.7. The van der Waals surface area contributed by atoms with Crippen LogP contribution in [0, 0.1) is 10.1 Å². The summed E-state index contributed by atoms with van der Waals surface area (Å²) in [6.07, 6.45) is 16.5. The summed E-state index contributed by atoms with van der Waals surface area (Å²) in [6.45, 7) is 2.06. The molecule has 12 heteroatoms. The highest BCUT2D eigenvalue weighted by Crippen LogP contribution is 2.29. The van der Waals surface area contributed by atoms with Crippen LogP contribution < -0.4 is 14.2 Å². The summed E-state index contributed by atoms with van der Waals surface area (Å²) in [4.78, 5) is 37.4. The Morgan fingerprint density at radius 1 is 1.09 bits per heavy atom. The largest absolute Gasteiger partial charge is 0.493 e. The highest BCUT2D eigenvalue weighted by molar-refractivity contribution is 8.00. The van der Waals surface area contributed by atoms with Gasteiger partial charge in [0.1, 0.15) is 19.0 Å². The number of methoxy groups -OCH3 is 1. The minimum Gasteiger partial charge on any atom is -0.493 e. The van der Waals surface area contributed by atoms with Crippen molar-refractivity contribution in [1.29, 1.82) is 0 Å². The Hall–Kier alpha value is -3.96. The van der Waals surface area contributed by atoms with E-state index < -0.39 is 11.1 Å². The summed E-state index contributed by atoms with van der Waals surface area (Å²) in [7, 11) is 1.44. The molecule has 1 atom stereocenters. The van der Waals surface area contributed by atoms with Gasteiger partial charge in [-0.3, -0.25) is 4.79 Å². The van der Waals surface area contributed by atoms with Crippen molar-refractivity contribution in [1.82, 2.24) is 0 Å². The molecule has 2 aromatic carbocycles. The van der Waals surface area contributed by atoms with Gasteiger partial charge in [0, 0.05) is 22.8 Å². The lowest BCUT2D eigenvalue weighted by Gasteiger charge is -2.10. The second kappa shape index (κ2) is 22.5. The summed E-state index contributed by atoms with van der Waals surface area (Å²) in [5.74, 6) is 1.76. The van der Waals surface area contributed by atoms with Gasteiger partial charge in [-0.1, -0.05) is 48.0 Å². The number of halogens is 1. The van der Waals surface area contributed by atoms with Crippen LogP contribution >= 0.6 is 23.4 Å². The Morgan fingerprint density at radius 3 is 2.64 bits per heavy atom. The molecule has 0 aromatic heterocycles. The van der Waals surface area contributed by atoms with Crippen LogP contribution in [0.25, 0.3) is 6.08 Å². The van der Waals surface area contributed by atoms with Crippen molar-refractivity contribution in [2.45, 2.75) is 50.7 Å². The number of thioether (sulfide) groups is 1. The predicted octanol–water partition coefficient (Wildman–Crippen LogP) is 7.67. The molecule has 1 unspecified atom stereocenters. The highest BCUT2D eigenvalue weighted by atomic mass is 35.5. The first-order valence-corrected chi connectivity index (χ1v) is 16.0. The average molecular weight is 662 g/mol. The van der Waals surface area contributed by atoms with Gasteiger partial charge in [-0.2, -0.15) is 11.8 Å². The SMILES string of the molecule is C/C=C\CCCC(=O)Oc1ccc(/C=C/C(=O)OCCO[N+](=O)[O-])cc1OC.Clc1cccc(OCC/C=C/C2CCCS2)c1. The molecule has 0 saturated carbocycles. The number of carbonyl (C=O) groups excluding carboxylic acids is 2. The smallest absolute Gasteiger partial charge is 0.330 e. The van der Waals surface area contributed by atoms with E-state index in [9.17, 15) is 19.7 Å². The number of ether oxygens (including phenoxy) is 4. The van der Waals surface area contributed by atoms with Gasteiger partial charge in [0.2, 0.25) is 0 Å². The van der Waals surface area contributed by atoms with Crippen LogP contribution in [-0.2, 0) is 19.2 Å². The fourth-order valence-electron chi connectivity index (χ4n) is 3.85. The highest BCUT2D eigenvalue weighted by Gasteiger charge is 2.12. The van der Waals surface area contributed by atoms with E-state index >= 15 is 0 Å². The normalized spacial score (nSPS) is 14.2. The topological polar surface area (TPSA) is 123 Å². The number of rotatable bonds is 17. The summed E-state index contributed by atoms with van der Waals surface area (Å²) in [6, 6.07) is 12.3. The predicted molar refractivity (Wildman–Crippen MR) is 176 cm³/mol. The van der Waals surface area contributed by atoms with Gasteiger partial charge in [-0.15, -0.1) is 10.1 Å². The summed E-state index contributed by atoms with van der Waals surface area (Å²) < 4.78 is 20.9. The number of nitrogens with zero attached hydrogens (tertiary/aromatic N) is 1. The molecule has 1 aliphatic rings.